The molecule has 5 heteroatoms. The van der Waals surface area contributed by atoms with E-state index < -0.39 is 11.9 Å². The lowest BCUT2D eigenvalue weighted by molar-refractivity contribution is -0.143. The number of benzene rings is 1. The summed E-state index contributed by atoms with van der Waals surface area (Å²) >= 11 is 0. The Balaban J connectivity index is 0.000000172. The third-order valence-electron chi connectivity index (χ3n) is 2.28. The van der Waals surface area contributed by atoms with Gasteiger partial charge in [-0.3, -0.25) is 9.59 Å². The molecule has 92 valence electrons. The van der Waals surface area contributed by atoms with Gasteiger partial charge in [0.1, 0.15) is 0 Å². The zero-order chi connectivity index (χ0) is 12.7. The summed E-state index contributed by atoms with van der Waals surface area (Å²) in [6.45, 7) is 1.11. The zero-order valence-corrected chi connectivity index (χ0v) is 9.35. The van der Waals surface area contributed by atoms with E-state index in [1.165, 1.54) is 17.7 Å². The van der Waals surface area contributed by atoms with E-state index in [2.05, 4.69) is 29.6 Å². The monoisotopic (exact) mass is 237 g/mol. The maximum Gasteiger partial charge on any atom is 0.303 e. The largest absolute Gasteiger partial charge is 0.481 e. The van der Waals surface area contributed by atoms with Crippen molar-refractivity contribution >= 4 is 17.6 Å². The predicted molar refractivity (Wildman–Crippen MR) is 63.1 cm³/mol. The smallest absolute Gasteiger partial charge is 0.303 e. The van der Waals surface area contributed by atoms with Gasteiger partial charge in [-0.2, -0.15) is 0 Å². The lowest BCUT2D eigenvalue weighted by Crippen LogP contribution is -2.00. The number of rotatable bonds is 3. The van der Waals surface area contributed by atoms with Crippen molar-refractivity contribution < 1.29 is 19.8 Å². The van der Waals surface area contributed by atoms with Gasteiger partial charge >= 0.3 is 11.9 Å². The molecule has 0 aromatic heterocycles. The van der Waals surface area contributed by atoms with Gasteiger partial charge in [0, 0.05) is 12.2 Å². The lowest BCUT2D eigenvalue weighted by Gasteiger charge is -1.94. The van der Waals surface area contributed by atoms with E-state index in [0.29, 0.717) is 0 Å². The molecule has 0 saturated heterocycles. The molecule has 0 saturated carbocycles. The van der Waals surface area contributed by atoms with Crippen molar-refractivity contribution in [3.63, 3.8) is 0 Å². The van der Waals surface area contributed by atoms with Gasteiger partial charge < -0.3 is 15.5 Å². The van der Waals surface area contributed by atoms with Gasteiger partial charge in [-0.05, 0) is 18.1 Å². The highest BCUT2D eigenvalue weighted by atomic mass is 16.4. The number of carbonyl (C=O) groups is 2. The van der Waals surface area contributed by atoms with Crippen molar-refractivity contribution in [3.8, 4) is 0 Å². The minimum absolute atomic E-state index is 0.296. The van der Waals surface area contributed by atoms with Crippen molar-refractivity contribution in [2.24, 2.45) is 0 Å². The zero-order valence-electron chi connectivity index (χ0n) is 9.35. The van der Waals surface area contributed by atoms with Crippen molar-refractivity contribution in [2.45, 2.75) is 19.3 Å². The summed E-state index contributed by atoms with van der Waals surface area (Å²) < 4.78 is 0. The molecular formula is C12H15NO4. The first-order valence-electron chi connectivity index (χ1n) is 5.35. The molecule has 0 bridgehead atoms. The molecule has 0 fully saturated rings. The maximum absolute atomic E-state index is 9.64. The van der Waals surface area contributed by atoms with Crippen LogP contribution in [0.3, 0.4) is 0 Å². The second-order valence-corrected chi connectivity index (χ2v) is 3.62. The molecule has 2 rings (SSSR count). The lowest BCUT2D eigenvalue weighted by atomic mass is 10.2. The summed E-state index contributed by atoms with van der Waals surface area (Å²) in [5.41, 5.74) is 2.77. The van der Waals surface area contributed by atoms with Crippen LogP contribution in [0.1, 0.15) is 18.4 Å². The predicted octanol–water partition coefficient (Wildman–Crippen LogP) is 1.59. The number of para-hydroxylation sites is 1. The van der Waals surface area contributed by atoms with Gasteiger partial charge in [-0.15, -0.1) is 0 Å². The number of aliphatic carboxylic acids is 2. The molecule has 0 radical (unpaired) electrons. The minimum atomic E-state index is -1.08. The first-order valence-corrected chi connectivity index (χ1v) is 5.35. The molecule has 5 nitrogen and oxygen atoms in total. The Labute approximate surface area is 99.1 Å². The van der Waals surface area contributed by atoms with Crippen molar-refractivity contribution in [2.75, 3.05) is 11.9 Å². The van der Waals surface area contributed by atoms with Crippen LogP contribution >= 0.6 is 0 Å². The third-order valence-corrected chi connectivity index (χ3v) is 2.28. The quantitative estimate of drug-likeness (QED) is 0.743. The highest BCUT2D eigenvalue weighted by Gasteiger charge is 2.05. The summed E-state index contributed by atoms with van der Waals surface area (Å²) in [6.07, 6.45) is 0.598. The van der Waals surface area contributed by atoms with Crippen LogP contribution in [0.15, 0.2) is 24.3 Å². The van der Waals surface area contributed by atoms with Crippen LogP contribution in [-0.4, -0.2) is 28.7 Å². The van der Waals surface area contributed by atoms with E-state index >= 15 is 0 Å². The molecule has 1 heterocycles. The molecule has 0 aliphatic carbocycles. The molecule has 0 unspecified atom stereocenters. The summed E-state index contributed by atoms with van der Waals surface area (Å²) in [4.78, 5) is 19.3. The second kappa shape index (κ2) is 6.52. The first kappa shape index (κ1) is 13.0. The Kier molecular flexibility index (Phi) is 5.00. The number of carboxylic acids is 2. The van der Waals surface area contributed by atoms with Gasteiger partial charge in [0.25, 0.3) is 0 Å². The minimum Gasteiger partial charge on any atom is -0.481 e. The number of anilines is 1. The molecule has 1 aromatic carbocycles. The molecule has 3 N–H and O–H groups in total. The van der Waals surface area contributed by atoms with E-state index in [-0.39, 0.29) is 12.8 Å². The average Bonchev–Trinajstić information content (AvgIpc) is 2.75. The van der Waals surface area contributed by atoms with Gasteiger partial charge in [-0.25, -0.2) is 0 Å². The Bertz CT molecular complexity index is 366. The fraction of sp³-hybridized carbons (Fsp3) is 0.333. The topological polar surface area (TPSA) is 86.6 Å². The normalized spacial score (nSPS) is 11.8. The van der Waals surface area contributed by atoms with Crippen LogP contribution in [0.25, 0.3) is 0 Å². The number of fused-ring (bicyclic) bond motifs is 1. The summed E-state index contributed by atoms with van der Waals surface area (Å²) in [6, 6.07) is 8.46. The molecular weight excluding hydrogens is 222 g/mol. The van der Waals surface area contributed by atoms with Crippen LogP contribution in [0.2, 0.25) is 0 Å². The van der Waals surface area contributed by atoms with E-state index in [1.807, 2.05) is 0 Å². The van der Waals surface area contributed by atoms with Gasteiger partial charge in [0.05, 0.1) is 12.8 Å². The van der Waals surface area contributed by atoms with Crippen LogP contribution in [0.4, 0.5) is 5.69 Å². The SMILES string of the molecule is O=C(O)CCC(=O)O.c1ccc2c(c1)CCN2. The fourth-order valence-corrected chi connectivity index (χ4v) is 1.46. The molecule has 0 amide bonds. The number of hydrogen-bond acceptors (Lipinski definition) is 3. The fourth-order valence-electron chi connectivity index (χ4n) is 1.46. The standard InChI is InChI=1S/C8H9N.C4H6O4/c1-2-4-8-7(3-1)5-6-9-8;5-3(6)1-2-4(7)8/h1-4,9H,5-6H2;1-2H2,(H,5,6)(H,7,8). The molecule has 0 atom stereocenters. The van der Waals surface area contributed by atoms with Crippen LogP contribution in [0, 0.1) is 0 Å². The van der Waals surface area contributed by atoms with Crippen molar-refractivity contribution in [1.29, 1.82) is 0 Å². The van der Waals surface area contributed by atoms with E-state index in [9.17, 15) is 9.59 Å². The third kappa shape index (κ3) is 5.01. The van der Waals surface area contributed by atoms with Crippen molar-refractivity contribution in [3.05, 3.63) is 29.8 Å². The molecule has 1 aliphatic heterocycles. The maximum atomic E-state index is 9.64. The summed E-state index contributed by atoms with van der Waals surface area (Å²) in [5, 5.41) is 19.1. The molecule has 0 spiro atoms. The van der Waals surface area contributed by atoms with Gasteiger partial charge in [0.2, 0.25) is 0 Å². The number of hydrogen-bond donors (Lipinski definition) is 3. The molecule has 1 aromatic rings. The van der Waals surface area contributed by atoms with Gasteiger partial charge in [0.15, 0.2) is 0 Å². The van der Waals surface area contributed by atoms with Crippen LogP contribution in [0.5, 0.6) is 0 Å². The second-order valence-electron chi connectivity index (χ2n) is 3.62. The highest BCUT2D eigenvalue weighted by Crippen LogP contribution is 2.19. The van der Waals surface area contributed by atoms with Crippen molar-refractivity contribution in [1.82, 2.24) is 0 Å². The average molecular weight is 237 g/mol. The summed E-state index contributed by atoms with van der Waals surface area (Å²) in [7, 11) is 0. The van der Waals surface area contributed by atoms with Crippen LogP contribution in [-0.2, 0) is 16.0 Å². The number of carboxylic acid groups (broad SMARTS) is 2. The van der Waals surface area contributed by atoms with Crippen LogP contribution < -0.4 is 5.32 Å². The first-order chi connectivity index (χ1) is 8.09. The van der Waals surface area contributed by atoms with E-state index in [1.54, 1.807) is 0 Å². The Hall–Kier alpha value is -2.04. The highest BCUT2D eigenvalue weighted by molar-refractivity contribution is 5.75. The molecule has 17 heavy (non-hydrogen) atoms. The summed E-state index contributed by atoms with van der Waals surface area (Å²) in [5.74, 6) is -2.15. The Morgan fingerprint density at radius 3 is 2.24 bits per heavy atom. The number of nitrogens with one attached hydrogen (secondary N) is 1. The van der Waals surface area contributed by atoms with Gasteiger partial charge in [-0.1, -0.05) is 18.2 Å². The molecule has 1 aliphatic rings. The van der Waals surface area contributed by atoms with E-state index in [0.717, 1.165) is 6.54 Å². The van der Waals surface area contributed by atoms with E-state index in [4.69, 9.17) is 10.2 Å². The Morgan fingerprint density at radius 2 is 1.71 bits per heavy atom. The Morgan fingerprint density at radius 1 is 1.12 bits per heavy atom.